The third kappa shape index (κ3) is 8.37. The van der Waals surface area contributed by atoms with Crippen LogP contribution in [0.25, 0.3) is 16.7 Å². The second-order valence-corrected chi connectivity index (χ2v) is 12.5. The van der Waals surface area contributed by atoms with Crippen molar-refractivity contribution in [2.45, 2.75) is 33.6 Å². The van der Waals surface area contributed by atoms with Crippen LogP contribution in [0.15, 0.2) is 200 Å². The SMILES string of the molecule is C/C=C\C=C/C(C)c1ccc(N(c2ccccc2)c2ccc(-c3ccc(N(c4ccccc4)c4ccc(C(/C=C\C)=C/C)cc4)cc3)cc2)cc1. The molecule has 2 nitrogen and oxygen atoms in total. The molecule has 0 aliphatic rings. The van der Waals surface area contributed by atoms with E-state index in [0.717, 1.165) is 34.1 Å². The van der Waals surface area contributed by atoms with Gasteiger partial charge in [-0.25, -0.2) is 0 Å². The lowest BCUT2D eigenvalue weighted by molar-refractivity contribution is 0.967. The Morgan fingerprint density at radius 3 is 1.27 bits per heavy atom. The van der Waals surface area contributed by atoms with Gasteiger partial charge in [-0.15, -0.1) is 0 Å². The Morgan fingerprint density at radius 2 is 0.863 bits per heavy atom. The molecule has 0 saturated heterocycles. The van der Waals surface area contributed by atoms with E-state index in [1.165, 1.54) is 27.8 Å². The number of allylic oxidation sites excluding steroid dienone is 8. The zero-order chi connectivity index (χ0) is 35.4. The van der Waals surface area contributed by atoms with Gasteiger partial charge >= 0.3 is 0 Å². The molecule has 6 rings (SSSR count). The van der Waals surface area contributed by atoms with E-state index in [0.29, 0.717) is 5.92 Å². The summed E-state index contributed by atoms with van der Waals surface area (Å²) in [5.41, 5.74) is 12.8. The van der Waals surface area contributed by atoms with Crippen molar-refractivity contribution < 1.29 is 0 Å². The summed E-state index contributed by atoms with van der Waals surface area (Å²) >= 11 is 0. The Hall–Kier alpha value is -6.12. The molecule has 0 spiro atoms. The van der Waals surface area contributed by atoms with Crippen molar-refractivity contribution in [3.05, 3.63) is 211 Å². The first-order chi connectivity index (χ1) is 25.1. The molecule has 1 unspecified atom stereocenters. The van der Waals surface area contributed by atoms with Crippen molar-refractivity contribution >= 4 is 39.7 Å². The van der Waals surface area contributed by atoms with Crippen molar-refractivity contribution in [1.29, 1.82) is 0 Å². The highest BCUT2D eigenvalue weighted by Gasteiger charge is 2.15. The van der Waals surface area contributed by atoms with Crippen LogP contribution in [0.1, 0.15) is 44.7 Å². The molecule has 0 amide bonds. The first-order valence-corrected chi connectivity index (χ1v) is 17.8. The maximum Gasteiger partial charge on any atom is 0.0462 e. The summed E-state index contributed by atoms with van der Waals surface area (Å²) in [6, 6.07) is 56.6. The number of anilines is 6. The summed E-state index contributed by atoms with van der Waals surface area (Å²) in [6.07, 6.45) is 14.9. The zero-order valence-corrected chi connectivity index (χ0v) is 30.0. The normalized spacial score (nSPS) is 12.5. The number of rotatable bonds is 12. The number of benzene rings is 6. The van der Waals surface area contributed by atoms with Crippen LogP contribution in [0.3, 0.4) is 0 Å². The molecule has 0 bridgehead atoms. The Bertz CT molecular complexity index is 2090. The largest absolute Gasteiger partial charge is 0.311 e. The highest BCUT2D eigenvalue weighted by atomic mass is 15.1. The quantitative estimate of drug-likeness (QED) is 0.120. The molecule has 6 aromatic carbocycles. The standard InChI is InChI=1S/C49H46N2/c1-5-8-11-17-38(4)40-22-30-46(31-23-40)50(44-18-12-9-13-19-44)48-34-26-42(27-35-48)43-28-36-49(37-29-43)51(45-20-14-10-15-21-45)47-32-24-41(25-33-47)39(7-3)16-6-2/h5-38H,1-4H3/b8-5-,16-6-,17-11-,39-7+. The number of para-hydroxylation sites is 2. The Labute approximate surface area is 304 Å². The van der Waals surface area contributed by atoms with Crippen molar-refractivity contribution in [2.75, 3.05) is 9.80 Å². The van der Waals surface area contributed by atoms with Crippen molar-refractivity contribution in [2.24, 2.45) is 0 Å². The summed E-state index contributed by atoms with van der Waals surface area (Å²) in [5.74, 6) is 0.339. The summed E-state index contributed by atoms with van der Waals surface area (Å²) < 4.78 is 0. The Balaban J connectivity index is 1.27. The predicted molar refractivity (Wildman–Crippen MR) is 222 cm³/mol. The molecule has 0 aromatic heterocycles. The van der Waals surface area contributed by atoms with Gasteiger partial charge in [0.2, 0.25) is 0 Å². The molecule has 2 heteroatoms. The van der Waals surface area contributed by atoms with Crippen LogP contribution < -0.4 is 9.80 Å². The van der Waals surface area contributed by atoms with Gasteiger partial charge < -0.3 is 9.80 Å². The minimum atomic E-state index is 0.339. The van der Waals surface area contributed by atoms with Crippen LogP contribution in [0.2, 0.25) is 0 Å². The average molecular weight is 663 g/mol. The highest BCUT2D eigenvalue weighted by Crippen LogP contribution is 2.38. The number of nitrogens with zero attached hydrogens (tertiary/aromatic N) is 2. The topological polar surface area (TPSA) is 6.48 Å². The van der Waals surface area contributed by atoms with Gasteiger partial charge in [0.1, 0.15) is 0 Å². The van der Waals surface area contributed by atoms with Gasteiger partial charge in [-0.05, 0) is 127 Å². The van der Waals surface area contributed by atoms with Crippen LogP contribution in [-0.2, 0) is 0 Å². The molecule has 0 radical (unpaired) electrons. The van der Waals surface area contributed by atoms with Crippen LogP contribution in [-0.4, -0.2) is 0 Å². The lowest BCUT2D eigenvalue weighted by atomic mass is 10.00. The van der Waals surface area contributed by atoms with E-state index in [-0.39, 0.29) is 0 Å². The van der Waals surface area contributed by atoms with Crippen LogP contribution in [0.4, 0.5) is 34.1 Å². The summed E-state index contributed by atoms with van der Waals surface area (Å²) in [5, 5.41) is 0. The molecule has 0 saturated carbocycles. The molecule has 0 aliphatic heterocycles. The van der Waals surface area contributed by atoms with E-state index in [2.05, 4.69) is 231 Å². The first kappa shape index (κ1) is 34.7. The molecule has 0 aliphatic carbocycles. The van der Waals surface area contributed by atoms with E-state index in [1.807, 2.05) is 6.92 Å². The molecule has 51 heavy (non-hydrogen) atoms. The van der Waals surface area contributed by atoms with Gasteiger partial charge in [0, 0.05) is 34.1 Å². The summed E-state index contributed by atoms with van der Waals surface area (Å²) in [6.45, 7) is 8.41. The molecular formula is C49H46N2. The second-order valence-electron chi connectivity index (χ2n) is 12.5. The lowest BCUT2D eigenvalue weighted by Gasteiger charge is -2.26. The maximum atomic E-state index is 2.32. The fourth-order valence-corrected chi connectivity index (χ4v) is 6.38. The van der Waals surface area contributed by atoms with Gasteiger partial charge in [0.15, 0.2) is 0 Å². The van der Waals surface area contributed by atoms with Crippen molar-refractivity contribution in [3.8, 4) is 11.1 Å². The van der Waals surface area contributed by atoms with E-state index >= 15 is 0 Å². The van der Waals surface area contributed by atoms with E-state index in [1.54, 1.807) is 0 Å². The molecule has 6 aromatic rings. The molecule has 0 heterocycles. The van der Waals surface area contributed by atoms with Gasteiger partial charge in [-0.2, -0.15) is 0 Å². The number of hydrogen-bond donors (Lipinski definition) is 0. The van der Waals surface area contributed by atoms with Crippen LogP contribution in [0, 0.1) is 0 Å². The van der Waals surface area contributed by atoms with E-state index in [4.69, 9.17) is 0 Å². The minimum Gasteiger partial charge on any atom is -0.311 e. The molecular weight excluding hydrogens is 617 g/mol. The fraction of sp³-hybridized carbons (Fsp3) is 0.102. The van der Waals surface area contributed by atoms with Gasteiger partial charge in [0.25, 0.3) is 0 Å². The fourth-order valence-electron chi connectivity index (χ4n) is 6.38. The third-order valence-electron chi connectivity index (χ3n) is 9.11. The third-order valence-corrected chi connectivity index (χ3v) is 9.11. The maximum absolute atomic E-state index is 2.32. The molecule has 1 atom stereocenters. The van der Waals surface area contributed by atoms with Crippen molar-refractivity contribution in [1.82, 2.24) is 0 Å². The molecule has 252 valence electrons. The monoisotopic (exact) mass is 662 g/mol. The van der Waals surface area contributed by atoms with Crippen molar-refractivity contribution in [3.63, 3.8) is 0 Å². The highest BCUT2D eigenvalue weighted by molar-refractivity contribution is 5.82. The smallest absolute Gasteiger partial charge is 0.0462 e. The first-order valence-electron chi connectivity index (χ1n) is 17.8. The van der Waals surface area contributed by atoms with E-state index < -0.39 is 0 Å². The van der Waals surface area contributed by atoms with Gasteiger partial charge in [-0.3, -0.25) is 0 Å². The van der Waals surface area contributed by atoms with E-state index in [9.17, 15) is 0 Å². The average Bonchev–Trinajstić information content (AvgIpc) is 3.19. The zero-order valence-electron chi connectivity index (χ0n) is 30.0. The number of hydrogen-bond acceptors (Lipinski definition) is 2. The second kappa shape index (κ2) is 17.0. The van der Waals surface area contributed by atoms with Gasteiger partial charge in [0.05, 0.1) is 0 Å². The Kier molecular flexibility index (Phi) is 11.6. The predicted octanol–water partition coefficient (Wildman–Crippen LogP) is 14.5. The van der Waals surface area contributed by atoms with Gasteiger partial charge in [-0.1, -0.05) is 134 Å². The van der Waals surface area contributed by atoms with Crippen LogP contribution in [0.5, 0.6) is 0 Å². The minimum absolute atomic E-state index is 0.339. The molecule has 0 N–H and O–H groups in total. The lowest BCUT2D eigenvalue weighted by Crippen LogP contribution is -2.10. The Morgan fingerprint density at radius 1 is 0.451 bits per heavy atom. The summed E-state index contributed by atoms with van der Waals surface area (Å²) in [7, 11) is 0. The summed E-state index contributed by atoms with van der Waals surface area (Å²) in [4.78, 5) is 4.63. The van der Waals surface area contributed by atoms with Crippen LogP contribution >= 0.6 is 0 Å². The molecule has 0 fully saturated rings.